The van der Waals surface area contributed by atoms with E-state index in [1.165, 1.54) is 19.2 Å². The Morgan fingerprint density at radius 2 is 2.21 bits per heavy atom. The van der Waals surface area contributed by atoms with Crippen LogP contribution >= 0.6 is 0 Å². The molecule has 0 saturated carbocycles. The first-order valence-corrected chi connectivity index (χ1v) is 3.87. The van der Waals surface area contributed by atoms with Crippen LogP contribution in [-0.4, -0.2) is 13.1 Å². The third-order valence-electron chi connectivity index (χ3n) is 1.63. The number of carbonyl (C=O) groups is 1. The molecule has 0 radical (unpaired) electrons. The van der Waals surface area contributed by atoms with Gasteiger partial charge in [0.1, 0.15) is 5.82 Å². The number of esters is 1. The second-order valence-electron chi connectivity index (χ2n) is 2.65. The molecule has 4 nitrogen and oxygen atoms in total. The van der Waals surface area contributed by atoms with Crippen molar-refractivity contribution in [3.63, 3.8) is 0 Å². The van der Waals surface area contributed by atoms with Gasteiger partial charge in [0.25, 0.3) is 0 Å². The van der Waals surface area contributed by atoms with Gasteiger partial charge < -0.3 is 4.74 Å². The average Bonchev–Trinajstić information content (AvgIpc) is 2.16. The number of hydrogen-bond donors (Lipinski definition) is 1. The molecule has 0 unspecified atom stereocenters. The van der Waals surface area contributed by atoms with Gasteiger partial charge in [0.15, 0.2) is 0 Å². The third kappa shape index (κ3) is 2.51. The molecule has 0 atom stereocenters. The van der Waals surface area contributed by atoms with Crippen molar-refractivity contribution >= 4 is 5.97 Å². The Hall–Kier alpha value is -1.46. The first-order chi connectivity index (χ1) is 6.67. The molecule has 0 saturated heterocycles. The molecule has 2 N–H and O–H groups in total. The van der Waals surface area contributed by atoms with E-state index in [-0.39, 0.29) is 12.2 Å². The average molecular weight is 199 g/mol. The molecule has 1 rings (SSSR count). The molecule has 76 valence electrons. The van der Waals surface area contributed by atoms with Gasteiger partial charge in [-0.05, 0) is 23.8 Å². The van der Waals surface area contributed by atoms with Gasteiger partial charge in [-0.3, -0.25) is 4.84 Å². The highest BCUT2D eigenvalue weighted by atomic mass is 19.1. The van der Waals surface area contributed by atoms with E-state index >= 15 is 0 Å². The van der Waals surface area contributed by atoms with E-state index in [2.05, 4.69) is 9.57 Å². The van der Waals surface area contributed by atoms with E-state index in [9.17, 15) is 9.18 Å². The molecule has 0 aliphatic heterocycles. The topological polar surface area (TPSA) is 61.5 Å². The summed E-state index contributed by atoms with van der Waals surface area (Å²) in [5, 5.41) is 0. The summed E-state index contributed by atoms with van der Waals surface area (Å²) in [7, 11) is 1.23. The number of halogens is 1. The summed E-state index contributed by atoms with van der Waals surface area (Å²) in [6, 6.07) is 3.78. The lowest BCUT2D eigenvalue weighted by Crippen LogP contribution is -2.05. The van der Waals surface area contributed by atoms with Crippen molar-refractivity contribution in [3.05, 3.63) is 35.1 Å². The van der Waals surface area contributed by atoms with Crippen LogP contribution in [0.25, 0.3) is 0 Å². The van der Waals surface area contributed by atoms with Crippen LogP contribution in [0.4, 0.5) is 4.39 Å². The summed E-state index contributed by atoms with van der Waals surface area (Å²) < 4.78 is 17.4. The molecular weight excluding hydrogens is 189 g/mol. The van der Waals surface area contributed by atoms with E-state index < -0.39 is 11.8 Å². The van der Waals surface area contributed by atoms with Crippen LogP contribution in [0, 0.1) is 5.82 Å². The van der Waals surface area contributed by atoms with Crippen LogP contribution in [0.1, 0.15) is 15.9 Å². The molecule has 0 heterocycles. The minimum absolute atomic E-state index is 0.0434. The van der Waals surface area contributed by atoms with Gasteiger partial charge >= 0.3 is 5.97 Å². The molecule has 14 heavy (non-hydrogen) atoms. The highest BCUT2D eigenvalue weighted by molar-refractivity contribution is 5.89. The number of rotatable bonds is 3. The smallest absolute Gasteiger partial charge is 0.337 e. The van der Waals surface area contributed by atoms with Gasteiger partial charge in [0, 0.05) is 0 Å². The van der Waals surface area contributed by atoms with Crippen LogP contribution in [-0.2, 0) is 16.2 Å². The Labute approximate surface area is 80.4 Å². The van der Waals surface area contributed by atoms with Crippen molar-refractivity contribution in [2.45, 2.75) is 6.61 Å². The molecular formula is C9H10FNO3. The lowest BCUT2D eigenvalue weighted by atomic mass is 10.1. The number of ether oxygens (including phenoxy) is 1. The second-order valence-corrected chi connectivity index (χ2v) is 2.65. The van der Waals surface area contributed by atoms with E-state index in [4.69, 9.17) is 5.90 Å². The Morgan fingerprint density at radius 3 is 2.79 bits per heavy atom. The minimum atomic E-state index is -0.595. The lowest BCUT2D eigenvalue weighted by molar-refractivity contribution is 0.0599. The molecule has 0 aromatic heterocycles. The van der Waals surface area contributed by atoms with Crippen molar-refractivity contribution in [1.29, 1.82) is 0 Å². The molecule has 5 heteroatoms. The maximum absolute atomic E-state index is 12.9. The summed E-state index contributed by atoms with van der Waals surface area (Å²) in [6.45, 7) is 0.0434. The van der Waals surface area contributed by atoms with Gasteiger partial charge in [-0.15, -0.1) is 0 Å². The zero-order valence-corrected chi connectivity index (χ0v) is 7.62. The van der Waals surface area contributed by atoms with Crippen molar-refractivity contribution in [2.75, 3.05) is 7.11 Å². The maximum atomic E-state index is 12.9. The van der Waals surface area contributed by atoms with Gasteiger partial charge in [-0.25, -0.2) is 15.1 Å². The summed E-state index contributed by atoms with van der Waals surface area (Å²) in [4.78, 5) is 15.4. The van der Waals surface area contributed by atoms with Crippen LogP contribution in [0.15, 0.2) is 18.2 Å². The number of nitrogens with two attached hydrogens (primary N) is 1. The second kappa shape index (κ2) is 4.69. The fourth-order valence-electron chi connectivity index (χ4n) is 1.07. The lowest BCUT2D eigenvalue weighted by Gasteiger charge is -2.03. The SMILES string of the molecule is COC(=O)c1cc(F)cc(CON)c1. The molecule has 0 fully saturated rings. The van der Waals surface area contributed by atoms with Crippen LogP contribution in [0.5, 0.6) is 0 Å². The van der Waals surface area contributed by atoms with Crippen LogP contribution in [0.2, 0.25) is 0 Å². The van der Waals surface area contributed by atoms with Crippen LogP contribution in [0.3, 0.4) is 0 Å². The van der Waals surface area contributed by atoms with E-state index in [1.54, 1.807) is 0 Å². The number of hydrogen-bond acceptors (Lipinski definition) is 4. The highest BCUT2D eigenvalue weighted by Crippen LogP contribution is 2.10. The van der Waals surface area contributed by atoms with Gasteiger partial charge in [-0.1, -0.05) is 0 Å². The van der Waals surface area contributed by atoms with Crippen molar-refractivity contribution in [3.8, 4) is 0 Å². The Balaban J connectivity index is 3.00. The molecule has 1 aromatic rings. The van der Waals surface area contributed by atoms with Crippen LogP contribution < -0.4 is 5.90 Å². The Bertz CT molecular complexity index is 341. The predicted octanol–water partition coefficient (Wildman–Crippen LogP) is 1.00. The fourth-order valence-corrected chi connectivity index (χ4v) is 1.07. The summed E-state index contributed by atoms with van der Waals surface area (Å²) in [5.74, 6) is 3.71. The highest BCUT2D eigenvalue weighted by Gasteiger charge is 2.08. The molecule has 0 aliphatic rings. The molecule has 0 amide bonds. The molecule has 0 bridgehead atoms. The number of carbonyl (C=O) groups excluding carboxylic acids is 1. The summed E-state index contributed by atoms with van der Waals surface area (Å²) >= 11 is 0. The predicted molar refractivity (Wildman–Crippen MR) is 46.7 cm³/mol. The molecule has 0 spiro atoms. The van der Waals surface area contributed by atoms with Crippen molar-refractivity contribution in [1.82, 2.24) is 0 Å². The zero-order chi connectivity index (χ0) is 10.6. The first-order valence-electron chi connectivity index (χ1n) is 3.87. The Kier molecular flexibility index (Phi) is 3.55. The van der Waals surface area contributed by atoms with Gasteiger partial charge in [0.05, 0.1) is 19.3 Å². The normalized spacial score (nSPS) is 9.93. The summed E-state index contributed by atoms with van der Waals surface area (Å²) in [6.07, 6.45) is 0. The molecule has 1 aromatic carbocycles. The van der Waals surface area contributed by atoms with Crippen molar-refractivity contribution in [2.24, 2.45) is 5.90 Å². The monoisotopic (exact) mass is 199 g/mol. The number of methoxy groups -OCH3 is 1. The zero-order valence-electron chi connectivity index (χ0n) is 7.62. The third-order valence-corrected chi connectivity index (χ3v) is 1.63. The largest absolute Gasteiger partial charge is 0.465 e. The minimum Gasteiger partial charge on any atom is -0.465 e. The standard InChI is InChI=1S/C9H10FNO3/c1-13-9(12)7-2-6(5-14-11)3-8(10)4-7/h2-4H,5,11H2,1H3. The van der Waals surface area contributed by atoms with Gasteiger partial charge in [0.2, 0.25) is 0 Å². The van der Waals surface area contributed by atoms with E-state index in [1.807, 2.05) is 0 Å². The number of benzene rings is 1. The van der Waals surface area contributed by atoms with E-state index in [0.717, 1.165) is 6.07 Å². The van der Waals surface area contributed by atoms with Gasteiger partial charge in [-0.2, -0.15) is 0 Å². The quantitative estimate of drug-likeness (QED) is 0.582. The fraction of sp³-hybridized carbons (Fsp3) is 0.222. The first kappa shape index (κ1) is 10.6. The molecule has 0 aliphatic carbocycles. The van der Waals surface area contributed by atoms with E-state index in [0.29, 0.717) is 5.56 Å². The summed E-state index contributed by atoms with van der Waals surface area (Å²) in [5.41, 5.74) is 0.618. The maximum Gasteiger partial charge on any atom is 0.337 e. The Morgan fingerprint density at radius 1 is 1.50 bits per heavy atom. The van der Waals surface area contributed by atoms with Crippen molar-refractivity contribution < 1.29 is 18.8 Å².